The highest BCUT2D eigenvalue weighted by Gasteiger charge is 2.28. The fourth-order valence-corrected chi connectivity index (χ4v) is 3.38. The second kappa shape index (κ2) is 8.16. The standard InChI is InChI=1S/C20H20ClNO7/c1-9-15(20(25)26-4)10(2)22-16(9)17(23)11(3)29-19(24)12-7-13(21)18-14(8-12)27-5-6-28-18/h7-8,11,22H,5-6H2,1-4H3. The fourth-order valence-electron chi connectivity index (χ4n) is 3.12. The number of nitrogens with one attached hydrogen (secondary N) is 1. The first kappa shape index (κ1) is 20.7. The topological polar surface area (TPSA) is 104 Å². The van der Waals surface area contributed by atoms with Crippen molar-refractivity contribution in [3.05, 3.63) is 45.2 Å². The van der Waals surface area contributed by atoms with Gasteiger partial charge in [0.05, 0.1) is 29.0 Å². The summed E-state index contributed by atoms with van der Waals surface area (Å²) in [4.78, 5) is 40.1. The van der Waals surface area contributed by atoms with Crippen LogP contribution in [0.4, 0.5) is 0 Å². The number of ketones is 1. The van der Waals surface area contributed by atoms with Crippen molar-refractivity contribution in [3.63, 3.8) is 0 Å². The number of hydrogen-bond acceptors (Lipinski definition) is 7. The molecule has 0 spiro atoms. The van der Waals surface area contributed by atoms with Gasteiger partial charge < -0.3 is 23.9 Å². The average Bonchev–Trinajstić information content (AvgIpc) is 3.00. The number of rotatable bonds is 5. The maximum atomic E-state index is 12.8. The lowest BCUT2D eigenvalue weighted by atomic mass is 10.1. The number of carbonyl (C=O) groups is 3. The van der Waals surface area contributed by atoms with Crippen LogP contribution in [0.2, 0.25) is 5.02 Å². The van der Waals surface area contributed by atoms with Gasteiger partial charge in [-0.05, 0) is 38.5 Å². The van der Waals surface area contributed by atoms with Gasteiger partial charge in [-0.25, -0.2) is 9.59 Å². The average molecular weight is 422 g/mol. The highest BCUT2D eigenvalue weighted by atomic mass is 35.5. The van der Waals surface area contributed by atoms with Gasteiger partial charge in [0.1, 0.15) is 13.2 Å². The minimum absolute atomic E-state index is 0.133. The zero-order chi connectivity index (χ0) is 21.3. The van der Waals surface area contributed by atoms with E-state index in [0.717, 1.165) is 0 Å². The molecule has 9 heteroatoms. The number of ether oxygens (including phenoxy) is 4. The summed E-state index contributed by atoms with van der Waals surface area (Å²) in [6.45, 7) is 5.44. The van der Waals surface area contributed by atoms with Gasteiger partial charge in [-0.1, -0.05) is 11.6 Å². The lowest BCUT2D eigenvalue weighted by molar-refractivity contribution is 0.0316. The van der Waals surface area contributed by atoms with Crippen LogP contribution in [0.3, 0.4) is 0 Å². The third-order valence-electron chi connectivity index (χ3n) is 4.56. The van der Waals surface area contributed by atoms with Gasteiger partial charge in [0.25, 0.3) is 0 Å². The number of halogens is 1. The Labute approximate surface area is 172 Å². The van der Waals surface area contributed by atoms with Crippen LogP contribution in [0, 0.1) is 13.8 Å². The first-order valence-electron chi connectivity index (χ1n) is 8.86. The SMILES string of the molecule is COC(=O)c1c(C)[nH]c(C(=O)C(C)OC(=O)c2cc(Cl)c3c(c2)OCCO3)c1C. The zero-order valence-corrected chi connectivity index (χ0v) is 17.1. The zero-order valence-electron chi connectivity index (χ0n) is 16.4. The number of aromatic nitrogens is 1. The minimum atomic E-state index is -1.10. The van der Waals surface area contributed by atoms with Crippen molar-refractivity contribution in [2.45, 2.75) is 26.9 Å². The molecule has 1 N–H and O–H groups in total. The summed E-state index contributed by atoms with van der Waals surface area (Å²) in [5.41, 5.74) is 1.53. The van der Waals surface area contributed by atoms with E-state index in [0.29, 0.717) is 36.0 Å². The Hall–Kier alpha value is -3.00. The molecule has 1 aliphatic rings. The van der Waals surface area contributed by atoms with Crippen LogP contribution in [0.1, 0.15) is 49.4 Å². The molecule has 2 heterocycles. The van der Waals surface area contributed by atoms with E-state index < -0.39 is 23.8 Å². The molecule has 1 atom stereocenters. The highest BCUT2D eigenvalue weighted by molar-refractivity contribution is 6.32. The van der Waals surface area contributed by atoms with E-state index in [2.05, 4.69) is 4.98 Å². The van der Waals surface area contributed by atoms with Crippen LogP contribution >= 0.6 is 11.6 Å². The van der Waals surface area contributed by atoms with Crippen molar-refractivity contribution < 1.29 is 33.3 Å². The molecule has 0 aliphatic carbocycles. The van der Waals surface area contributed by atoms with Gasteiger partial charge in [-0.15, -0.1) is 0 Å². The first-order valence-corrected chi connectivity index (χ1v) is 9.24. The Balaban J connectivity index is 1.79. The van der Waals surface area contributed by atoms with Crippen molar-refractivity contribution in [2.24, 2.45) is 0 Å². The summed E-state index contributed by atoms with van der Waals surface area (Å²) in [7, 11) is 1.26. The van der Waals surface area contributed by atoms with Crippen molar-refractivity contribution in [3.8, 4) is 11.5 Å². The van der Waals surface area contributed by atoms with Crippen molar-refractivity contribution >= 4 is 29.3 Å². The molecule has 0 saturated heterocycles. The largest absolute Gasteiger partial charge is 0.486 e. The lowest BCUT2D eigenvalue weighted by Gasteiger charge is -2.20. The normalized spacial score (nSPS) is 13.6. The number of esters is 2. The van der Waals surface area contributed by atoms with Crippen LogP contribution in [-0.2, 0) is 9.47 Å². The molecule has 8 nitrogen and oxygen atoms in total. The van der Waals surface area contributed by atoms with Gasteiger partial charge >= 0.3 is 11.9 Å². The van der Waals surface area contributed by atoms with E-state index >= 15 is 0 Å². The van der Waals surface area contributed by atoms with E-state index in [1.165, 1.54) is 26.2 Å². The number of methoxy groups -OCH3 is 1. The second-order valence-electron chi connectivity index (χ2n) is 6.51. The van der Waals surface area contributed by atoms with Gasteiger partial charge in [0.15, 0.2) is 17.6 Å². The summed E-state index contributed by atoms with van der Waals surface area (Å²) in [5, 5.41) is 0.215. The second-order valence-corrected chi connectivity index (χ2v) is 6.92. The number of hydrogen-bond donors (Lipinski definition) is 1. The van der Waals surface area contributed by atoms with Crippen LogP contribution in [-0.4, -0.2) is 49.1 Å². The molecule has 0 fully saturated rings. The number of benzene rings is 1. The molecule has 29 heavy (non-hydrogen) atoms. The van der Waals surface area contributed by atoms with Crippen LogP contribution in [0.25, 0.3) is 0 Å². The molecule has 0 amide bonds. The number of aromatic amines is 1. The molecule has 0 saturated carbocycles. The highest BCUT2D eigenvalue weighted by Crippen LogP contribution is 2.38. The quantitative estimate of drug-likeness (QED) is 0.583. The van der Waals surface area contributed by atoms with E-state index in [9.17, 15) is 14.4 Å². The molecule has 1 aromatic heterocycles. The van der Waals surface area contributed by atoms with Gasteiger partial charge in [0, 0.05) is 5.69 Å². The van der Waals surface area contributed by atoms with E-state index in [1.54, 1.807) is 13.8 Å². The van der Waals surface area contributed by atoms with E-state index in [4.69, 9.17) is 30.5 Å². The van der Waals surface area contributed by atoms with Crippen molar-refractivity contribution in [2.75, 3.05) is 20.3 Å². The number of fused-ring (bicyclic) bond motifs is 1. The van der Waals surface area contributed by atoms with E-state index in [1.807, 2.05) is 0 Å². The predicted octanol–water partition coefficient (Wildman–Crippen LogP) is 3.27. The summed E-state index contributed by atoms with van der Waals surface area (Å²) >= 11 is 6.14. The van der Waals surface area contributed by atoms with Gasteiger partial charge in [-0.2, -0.15) is 0 Å². The maximum absolute atomic E-state index is 12.8. The minimum Gasteiger partial charge on any atom is -0.486 e. The Bertz CT molecular complexity index is 995. The van der Waals surface area contributed by atoms with Crippen molar-refractivity contribution in [1.82, 2.24) is 4.98 Å². The van der Waals surface area contributed by atoms with Crippen LogP contribution in [0.15, 0.2) is 12.1 Å². The number of carbonyl (C=O) groups excluding carboxylic acids is 3. The fraction of sp³-hybridized carbons (Fsp3) is 0.350. The van der Waals surface area contributed by atoms with E-state index in [-0.39, 0.29) is 21.8 Å². The third kappa shape index (κ3) is 3.93. The molecule has 2 aromatic rings. The number of H-pyrrole nitrogens is 1. The maximum Gasteiger partial charge on any atom is 0.339 e. The predicted molar refractivity (Wildman–Crippen MR) is 103 cm³/mol. The van der Waals surface area contributed by atoms with Crippen LogP contribution < -0.4 is 9.47 Å². The Morgan fingerprint density at radius 3 is 2.52 bits per heavy atom. The molecule has 0 bridgehead atoms. The number of aryl methyl sites for hydroxylation is 1. The molecular formula is C20H20ClNO7. The summed E-state index contributed by atoms with van der Waals surface area (Å²) in [5.74, 6) is -1.05. The Morgan fingerprint density at radius 1 is 1.14 bits per heavy atom. The molecule has 1 aromatic carbocycles. The molecule has 3 rings (SSSR count). The lowest BCUT2D eigenvalue weighted by Crippen LogP contribution is -2.25. The van der Waals surface area contributed by atoms with Crippen LogP contribution in [0.5, 0.6) is 11.5 Å². The monoisotopic (exact) mass is 421 g/mol. The molecular weight excluding hydrogens is 402 g/mol. The van der Waals surface area contributed by atoms with Gasteiger partial charge in [-0.3, -0.25) is 4.79 Å². The Kier molecular flexibility index (Phi) is 5.83. The molecule has 1 unspecified atom stereocenters. The summed E-state index contributed by atoms with van der Waals surface area (Å²) in [6.07, 6.45) is -1.10. The first-order chi connectivity index (χ1) is 13.7. The summed E-state index contributed by atoms with van der Waals surface area (Å²) in [6, 6.07) is 2.85. The molecule has 1 aliphatic heterocycles. The smallest absolute Gasteiger partial charge is 0.339 e. The Morgan fingerprint density at radius 2 is 1.83 bits per heavy atom. The number of Topliss-reactive ketones (excluding diaryl/α,β-unsaturated/α-hetero) is 1. The van der Waals surface area contributed by atoms with Crippen molar-refractivity contribution in [1.29, 1.82) is 0 Å². The van der Waals surface area contributed by atoms with Gasteiger partial charge in [0.2, 0.25) is 5.78 Å². The molecule has 154 valence electrons. The third-order valence-corrected chi connectivity index (χ3v) is 4.84. The molecule has 0 radical (unpaired) electrons. The summed E-state index contributed by atoms with van der Waals surface area (Å²) < 4.78 is 20.9.